The number of hydrogen-bond donors (Lipinski definition) is 1. The Labute approximate surface area is 178 Å². The Kier molecular flexibility index (Phi) is 8.63. The van der Waals surface area contributed by atoms with Crippen LogP contribution in [0.4, 0.5) is 0 Å². The first-order valence-electron chi connectivity index (χ1n) is 10.8. The molecule has 8 heteroatoms. The first-order chi connectivity index (χ1) is 14.7. The highest BCUT2D eigenvalue weighted by atomic mass is 16.5. The summed E-state index contributed by atoms with van der Waals surface area (Å²) in [5.74, 6) is 0.0110. The van der Waals surface area contributed by atoms with E-state index in [1.54, 1.807) is 29.2 Å². The van der Waals surface area contributed by atoms with E-state index in [4.69, 9.17) is 10.00 Å². The van der Waals surface area contributed by atoms with Crippen molar-refractivity contribution in [3.8, 4) is 6.07 Å². The Morgan fingerprint density at radius 2 is 1.77 bits per heavy atom. The highest BCUT2D eigenvalue weighted by Gasteiger charge is 2.21. The van der Waals surface area contributed by atoms with Crippen molar-refractivity contribution in [2.75, 3.05) is 72.1 Å². The van der Waals surface area contributed by atoms with E-state index >= 15 is 0 Å². The summed E-state index contributed by atoms with van der Waals surface area (Å²) in [6.07, 6.45) is 1.18. The second kappa shape index (κ2) is 11.6. The van der Waals surface area contributed by atoms with E-state index in [1.165, 1.54) is 0 Å². The third-order valence-corrected chi connectivity index (χ3v) is 5.62. The Balaban J connectivity index is 1.58. The minimum absolute atomic E-state index is 0.0884. The van der Waals surface area contributed by atoms with E-state index in [2.05, 4.69) is 16.3 Å². The predicted molar refractivity (Wildman–Crippen MR) is 113 cm³/mol. The van der Waals surface area contributed by atoms with Crippen LogP contribution in [-0.2, 0) is 9.53 Å². The van der Waals surface area contributed by atoms with E-state index in [0.717, 1.165) is 65.4 Å². The van der Waals surface area contributed by atoms with Gasteiger partial charge in [0.05, 0.1) is 24.8 Å². The van der Waals surface area contributed by atoms with Crippen LogP contribution in [0.25, 0.3) is 0 Å². The van der Waals surface area contributed by atoms with E-state index < -0.39 is 0 Å². The number of nitrogens with one attached hydrogen (secondary N) is 1. The van der Waals surface area contributed by atoms with Crippen molar-refractivity contribution < 1.29 is 14.3 Å². The number of rotatable bonds is 8. The average molecular weight is 414 g/mol. The summed E-state index contributed by atoms with van der Waals surface area (Å²) in [5.41, 5.74) is 1.08. The zero-order valence-corrected chi connectivity index (χ0v) is 17.5. The van der Waals surface area contributed by atoms with Gasteiger partial charge in [-0.25, -0.2) is 0 Å². The fourth-order valence-electron chi connectivity index (χ4n) is 3.80. The van der Waals surface area contributed by atoms with Crippen molar-refractivity contribution in [2.45, 2.75) is 12.8 Å². The molecule has 2 aliphatic heterocycles. The van der Waals surface area contributed by atoms with Gasteiger partial charge in [-0.3, -0.25) is 14.5 Å². The van der Waals surface area contributed by atoms with Crippen LogP contribution in [-0.4, -0.2) is 98.6 Å². The summed E-state index contributed by atoms with van der Waals surface area (Å²) in [5, 5.41) is 12.2. The molecule has 2 amide bonds. The number of hydrogen-bond acceptors (Lipinski definition) is 6. The van der Waals surface area contributed by atoms with Crippen LogP contribution in [0.1, 0.15) is 28.8 Å². The fraction of sp³-hybridized carbons (Fsp3) is 0.591. The van der Waals surface area contributed by atoms with Gasteiger partial charge in [-0.1, -0.05) is 0 Å². The summed E-state index contributed by atoms with van der Waals surface area (Å²) < 4.78 is 5.39. The Morgan fingerprint density at radius 3 is 2.43 bits per heavy atom. The number of carbonyl (C=O) groups excluding carboxylic acids is 2. The smallest absolute Gasteiger partial charge is 0.253 e. The molecular formula is C22H31N5O3. The third-order valence-electron chi connectivity index (χ3n) is 5.62. The molecule has 3 rings (SSSR count). The van der Waals surface area contributed by atoms with Gasteiger partial charge in [0, 0.05) is 70.9 Å². The molecule has 2 saturated heterocycles. The molecule has 0 spiro atoms. The molecular weight excluding hydrogens is 382 g/mol. The Bertz CT molecular complexity index is 734. The number of nitrogens with zero attached hydrogens (tertiary/aromatic N) is 4. The van der Waals surface area contributed by atoms with E-state index in [-0.39, 0.29) is 11.8 Å². The van der Waals surface area contributed by atoms with Crippen LogP contribution >= 0.6 is 0 Å². The molecule has 1 aromatic carbocycles. The highest BCUT2D eigenvalue weighted by molar-refractivity contribution is 5.94. The van der Waals surface area contributed by atoms with Gasteiger partial charge in [0.1, 0.15) is 0 Å². The SMILES string of the molecule is N#Cc1ccc(C(=O)N(CCCN2CCOCC2)CCC(=O)N2CCNCC2)cc1. The molecule has 2 heterocycles. The topological polar surface area (TPSA) is 88.9 Å². The first kappa shape index (κ1) is 22.2. The third kappa shape index (κ3) is 6.52. The predicted octanol–water partition coefficient (Wildman–Crippen LogP) is 0.545. The van der Waals surface area contributed by atoms with Crippen LogP contribution in [0.5, 0.6) is 0 Å². The summed E-state index contributed by atoms with van der Waals surface area (Å²) in [4.78, 5) is 31.7. The van der Waals surface area contributed by atoms with Crippen LogP contribution in [0.15, 0.2) is 24.3 Å². The normalized spacial score (nSPS) is 17.4. The standard InChI is InChI=1S/C22H31N5O3/c23-18-19-2-4-20(5-3-19)22(29)27(10-1-9-25-14-16-30-17-15-25)11-6-21(28)26-12-7-24-8-13-26/h2-5,24H,1,6-17H2. The summed E-state index contributed by atoms with van der Waals surface area (Å²) in [6, 6.07) is 8.77. The molecule has 8 nitrogen and oxygen atoms in total. The van der Waals surface area contributed by atoms with Crippen molar-refractivity contribution in [2.24, 2.45) is 0 Å². The number of ether oxygens (including phenoxy) is 1. The van der Waals surface area contributed by atoms with Crippen molar-refractivity contribution in [3.63, 3.8) is 0 Å². The second-order valence-corrected chi connectivity index (χ2v) is 7.67. The van der Waals surface area contributed by atoms with Crippen LogP contribution in [0.2, 0.25) is 0 Å². The van der Waals surface area contributed by atoms with Gasteiger partial charge in [-0.05, 0) is 30.7 Å². The maximum absolute atomic E-state index is 13.1. The van der Waals surface area contributed by atoms with Crippen molar-refractivity contribution in [1.82, 2.24) is 20.0 Å². The van der Waals surface area contributed by atoms with Gasteiger partial charge in [0.15, 0.2) is 0 Å². The maximum Gasteiger partial charge on any atom is 0.253 e. The van der Waals surface area contributed by atoms with Crippen molar-refractivity contribution in [1.29, 1.82) is 5.26 Å². The van der Waals surface area contributed by atoms with Crippen LogP contribution in [0.3, 0.4) is 0 Å². The van der Waals surface area contributed by atoms with Crippen LogP contribution < -0.4 is 5.32 Å². The largest absolute Gasteiger partial charge is 0.379 e. The Morgan fingerprint density at radius 1 is 1.07 bits per heavy atom. The molecule has 0 radical (unpaired) electrons. The van der Waals surface area contributed by atoms with Gasteiger partial charge in [0.25, 0.3) is 5.91 Å². The Hall–Kier alpha value is -2.47. The molecule has 0 atom stereocenters. The lowest BCUT2D eigenvalue weighted by Crippen LogP contribution is -2.47. The molecule has 0 aromatic heterocycles. The molecule has 1 aromatic rings. The average Bonchev–Trinajstić information content (AvgIpc) is 2.82. The molecule has 0 unspecified atom stereocenters. The van der Waals surface area contributed by atoms with Gasteiger partial charge < -0.3 is 19.9 Å². The number of carbonyl (C=O) groups is 2. The first-order valence-corrected chi connectivity index (χ1v) is 10.8. The lowest BCUT2D eigenvalue weighted by molar-refractivity contribution is -0.131. The summed E-state index contributed by atoms with van der Waals surface area (Å²) in [6.45, 7) is 8.36. The number of piperazine rings is 1. The molecule has 0 aliphatic carbocycles. The number of benzene rings is 1. The van der Waals surface area contributed by atoms with E-state index in [1.807, 2.05) is 4.90 Å². The van der Waals surface area contributed by atoms with E-state index in [0.29, 0.717) is 30.6 Å². The molecule has 30 heavy (non-hydrogen) atoms. The number of nitriles is 1. The highest BCUT2D eigenvalue weighted by Crippen LogP contribution is 2.10. The summed E-state index contributed by atoms with van der Waals surface area (Å²) >= 11 is 0. The quantitative estimate of drug-likeness (QED) is 0.669. The lowest BCUT2D eigenvalue weighted by Gasteiger charge is -2.30. The zero-order valence-electron chi connectivity index (χ0n) is 17.5. The lowest BCUT2D eigenvalue weighted by atomic mass is 10.1. The monoisotopic (exact) mass is 413 g/mol. The van der Waals surface area contributed by atoms with Gasteiger partial charge in [-0.2, -0.15) is 5.26 Å². The molecule has 162 valence electrons. The summed E-state index contributed by atoms with van der Waals surface area (Å²) in [7, 11) is 0. The van der Waals surface area contributed by atoms with Gasteiger partial charge in [0.2, 0.25) is 5.91 Å². The fourth-order valence-corrected chi connectivity index (χ4v) is 3.80. The van der Waals surface area contributed by atoms with Gasteiger partial charge in [-0.15, -0.1) is 0 Å². The minimum Gasteiger partial charge on any atom is -0.379 e. The number of morpholine rings is 1. The van der Waals surface area contributed by atoms with Crippen molar-refractivity contribution in [3.05, 3.63) is 35.4 Å². The molecule has 1 N–H and O–H groups in total. The molecule has 0 bridgehead atoms. The van der Waals surface area contributed by atoms with Crippen LogP contribution in [0, 0.1) is 11.3 Å². The number of amides is 2. The van der Waals surface area contributed by atoms with Gasteiger partial charge >= 0.3 is 0 Å². The maximum atomic E-state index is 13.1. The molecule has 0 saturated carbocycles. The molecule has 2 fully saturated rings. The second-order valence-electron chi connectivity index (χ2n) is 7.67. The van der Waals surface area contributed by atoms with E-state index in [9.17, 15) is 9.59 Å². The minimum atomic E-state index is -0.0884. The zero-order chi connectivity index (χ0) is 21.2. The molecule has 2 aliphatic rings. The van der Waals surface area contributed by atoms with Crippen molar-refractivity contribution >= 4 is 11.8 Å².